The SMILES string of the molecule is [B][C@@]1(c2ccc(F)cc2)c2c(C/C=C/C(=O)NCCN(C)C)nn(-c3ccccc3)c2N(CC)C(=O)[C@H]1NC(=O)c1cccc(C(F)(F)F)c1. The predicted octanol–water partition coefficient (Wildman–Crippen LogP) is 4.38. The van der Waals surface area contributed by atoms with Crippen LogP contribution in [0.4, 0.5) is 23.4 Å². The van der Waals surface area contributed by atoms with Crippen molar-refractivity contribution in [3.8, 4) is 5.69 Å². The Labute approximate surface area is 288 Å². The average molecular weight is 687 g/mol. The molecule has 9 nitrogen and oxygen atoms in total. The summed E-state index contributed by atoms with van der Waals surface area (Å²) >= 11 is 0. The molecule has 0 aliphatic carbocycles. The smallest absolute Gasteiger partial charge is 0.351 e. The van der Waals surface area contributed by atoms with E-state index < -0.39 is 40.7 Å². The molecule has 0 saturated carbocycles. The number of nitrogens with zero attached hydrogens (tertiary/aromatic N) is 4. The lowest BCUT2D eigenvalue weighted by molar-refractivity contribution is -0.137. The van der Waals surface area contributed by atoms with E-state index in [-0.39, 0.29) is 30.0 Å². The largest absolute Gasteiger partial charge is 0.416 e. The summed E-state index contributed by atoms with van der Waals surface area (Å²) in [4.78, 5) is 44.0. The first-order chi connectivity index (χ1) is 23.7. The molecule has 1 aromatic heterocycles. The molecule has 1 aliphatic heterocycles. The number of allylic oxidation sites excluding steroid dienone is 1. The number of halogens is 4. The predicted molar refractivity (Wildman–Crippen MR) is 182 cm³/mol. The van der Waals surface area contributed by atoms with Crippen LogP contribution in [0.1, 0.15) is 39.7 Å². The van der Waals surface area contributed by atoms with Crippen LogP contribution in [0.3, 0.4) is 0 Å². The van der Waals surface area contributed by atoms with Gasteiger partial charge in [-0.15, -0.1) is 0 Å². The molecular weight excluding hydrogens is 651 g/mol. The second-order valence-corrected chi connectivity index (χ2v) is 12.0. The number of carbonyl (C=O) groups is 3. The molecule has 2 heterocycles. The van der Waals surface area contributed by atoms with Crippen molar-refractivity contribution in [2.24, 2.45) is 0 Å². The summed E-state index contributed by atoms with van der Waals surface area (Å²) in [6.45, 7) is 2.88. The third-order valence-electron chi connectivity index (χ3n) is 8.38. The zero-order valence-electron chi connectivity index (χ0n) is 27.7. The van der Waals surface area contributed by atoms with Crippen molar-refractivity contribution in [3.05, 3.63) is 125 Å². The van der Waals surface area contributed by atoms with Gasteiger partial charge in [0.15, 0.2) is 0 Å². The maximum Gasteiger partial charge on any atom is 0.416 e. The summed E-state index contributed by atoms with van der Waals surface area (Å²) in [5, 5.41) is 8.37. The molecule has 2 radical (unpaired) electrons. The van der Waals surface area contributed by atoms with Crippen molar-refractivity contribution < 1.29 is 31.9 Å². The van der Waals surface area contributed by atoms with Gasteiger partial charge in [0, 0.05) is 42.5 Å². The zero-order chi connectivity index (χ0) is 36.2. The number of anilines is 1. The molecule has 50 heavy (non-hydrogen) atoms. The third-order valence-corrected chi connectivity index (χ3v) is 8.38. The Bertz CT molecular complexity index is 1900. The summed E-state index contributed by atoms with van der Waals surface area (Å²) in [5.74, 6) is -2.26. The molecule has 14 heteroatoms. The molecule has 0 bridgehead atoms. The summed E-state index contributed by atoms with van der Waals surface area (Å²) in [5.41, 5.74) is 0.0848. The Kier molecular flexibility index (Phi) is 10.6. The number of alkyl halides is 3. The topological polar surface area (TPSA) is 99.6 Å². The lowest BCUT2D eigenvalue weighted by Crippen LogP contribution is -2.64. The third kappa shape index (κ3) is 7.35. The standard InChI is InChI=1S/C36H35BF4N6O3/c1-4-46-33-30(28(44-47(33)27-12-6-5-7-13-27)14-9-15-29(48)42-20-21-45(2)3)35(37,24-16-18-26(38)19-17-24)31(34(46)50)43-32(49)23-10-8-11-25(22-23)36(39,40)41/h5-13,15-19,22,31H,4,14,20-21H2,1-3H3,(H,42,48)(H,43,49)/b15-9+/t31-,35+/m1/s1. The number of para-hydroxylation sites is 1. The number of carbonyl (C=O) groups excluding carboxylic acids is 3. The first kappa shape index (κ1) is 36.1. The molecule has 0 unspecified atom stereocenters. The Balaban J connectivity index is 1.67. The fourth-order valence-corrected chi connectivity index (χ4v) is 5.93. The molecule has 4 aromatic rings. The van der Waals surface area contributed by atoms with Gasteiger partial charge in [-0.2, -0.15) is 18.3 Å². The number of nitrogens with one attached hydrogen (secondary N) is 2. The van der Waals surface area contributed by atoms with Crippen molar-refractivity contribution in [3.63, 3.8) is 0 Å². The molecule has 0 fully saturated rings. The van der Waals surface area contributed by atoms with Gasteiger partial charge in [-0.25, -0.2) is 9.07 Å². The van der Waals surface area contributed by atoms with Crippen LogP contribution in [0.5, 0.6) is 0 Å². The molecule has 2 N–H and O–H groups in total. The molecular formula is C36H35BF4N6O3. The van der Waals surface area contributed by atoms with Crippen LogP contribution in [0.25, 0.3) is 5.69 Å². The fraction of sp³-hybridized carbons (Fsp3) is 0.278. The summed E-state index contributed by atoms with van der Waals surface area (Å²) < 4.78 is 56.4. The lowest BCUT2D eigenvalue weighted by Gasteiger charge is -2.46. The van der Waals surface area contributed by atoms with Gasteiger partial charge >= 0.3 is 6.18 Å². The Morgan fingerprint density at radius 1 is 1.04 bits per heavy atom. The van der Waals surface area contributed by atoms with Crippen molar-refractivity contribution in [2.75, 3.05) is 38.6 Å². The number of amides is 3. The minimum Gasteiger partial charge on any atom is -0.351 e. The normalized spacial score (nSPS) is 17.6. The summed E-state index contributed by atoms with van der Waals surface area (Å²) in [6, 6.07) is 16.3. The van der Waals surface area contributed by atoms with Gasteiger partial charge in [-0.05, 0) is 75.1 Å². The van der Waals surface area contributed by atoms with Crippen molar-refractivity contribution in [2.45, 2.75) is 30.9 Å². The van der Waals surface area contributed by atoms with Gasteiger partial charge in [-0.3, -0.25) is 19.3 Å². The molecule has 258 valence electrons. The van der Waals surface area contributed by atoms with Gasteiger partial charge in [0.25, 0.3) is 11.8 Å². The molecule has 1 aliphatic rings. The van der Waals surface area contributed by atoms with E-state index in [0.29, 0.717) is 41.9 Å². The first-order valence-corrected chi connectivity index (χ1v) is 15.9. The van der Waals surface area contributed by atoms with Gasteiger partial charge < -0.3 is 15.5 Å². The molecule has 5 rings (SSSR count). The van der Waals surface area contributed by atoms with E-state index >= 15 is 0 Å². The van der Waals surface area contributed by atoms with E-state index in [1.54, 1.807) is 41.9 Å². The van der Waals surface area contributed by atoms with E-state index in [0.717, 1.165) is 24.3 Å². The van der Waals surface area contributed by atoms with Crippen LogP contribution in [-0.4, -0.2) is 80.0 Å². The lowest BCUT2D eigenvalue weighted by atomic mass is 9.53. The van der Waals surface area contributed by atoms with Crippen LogP contribution in [-0.2, 0) is 27.5 Å². The Hall–Kier alpha value is -5.24. The summed E-state index contributed by atoms with van der Waals surface area (Å²) in [7, 11) is 11.1. The van der Waals surface area contributed by atoms with Crippen molar-refractivity contribution >= 4 is 31.4 Å². The maximum atomic E-state index is 14.5. The highest BCUT2D eigenvalue weighted by atomic mass is 19.4. The minimum absolute atomic E-state index is 0.0590. The average Bonchev–Trinajstić information content (AvgIpc) is 3.46. The van der Waals surface area contributed by atoms with Crippen LogP contribution in [0, 0.1) is 5.82 Å². The molecule has 3 aromatic carbocycles. The van der Waals surface area contributed by atoms with Gasteiger partial charge in [0.2, 0.25) is 5.91 Å². The van der Waals surface area contributed by atoms with E-state index in [9.17, 15) is 31.9 Å². The number of benzene rings is 3. The molecule has 0 saturated heterocycles. The van der Waals surface area contributed by atoms with E-state index in [4.69, 9.17) is 12.9 Å². The number of fused-ring (bicyclic) bond motifs is 1. The highest BCUT2D eigenvalue weighted by Crippen LogP contribution is 2.46. The zero-order valence-corrected chi connectivity index (χ0v) is 27.7. The van der Waals surface area contributed by atoms with Crippen molar-refractivity contribution in [1.82, 2.24) is 25.3 Å². The highest BCUT2D eigenvalue weighted by Gasteiger charge is 2.53. The van der Waals surface area contributed by atoms with Crippen LogP contribution in [0.2, 0.25) is 0 Å². The molecule has 0 spiro atoms. The van der Waals surface area contributed by atoms with Gasteiger partial charge in [-0.1, -0.05) is 42.5 Å². The quantitative estimate of drug-likeness (QED) is 0.139. The highest BCUT2D eigenvalue weighted by molar-refractivity contribution is 6.25. The second kappa shape index (κ2) is 14.7. The maximum absolute atomic E-state index is 14.5. The number of aromatic nitrogens is 2. The molecule has 3 amide bonds. The monoisotopic (exact) mass is 686 g/mol. The van der Waals surface area contributed by atoms with E-state index in [2.05, 4.69) is 10.6 Å². The number of hydrogen-bond acceptors (Lipinski definition) is 5. The minimum atomic E-state index is -4.71. The second-order valence-electron chi connectivity index (χ2n) is 12.0. The number of hydrogen-bond donors (Lipinski definition) is 2. The van der Waals surface area contributed by atoms with Crippen LogP contribution in [0.15, 0.2) is 91.0 Å². The Morgan fingerprint density at radius 3 is 2.38 bits per heavy atom. The number of rotatable bonds is 11. The van der Waals surface area contributed by atoms with Gasteiger partial charge in [0.1, 0.15) is 17.7 Å². The van der Waals surface area contributed by atoms with Crippen molar-refractivity contribution in [1.29, 1.82) is 0 Å². The van der Waals surface area contributed by atoms with Gasteiger partial charge in [0.05, 0.1) is 24.8 Å². The van der Waals surface area contributed by atoms with Crippen LogP contribution < -0.4 is 15.5 Å². The molecule has 2 atom stereocenters. The summed E-state index contributed by atoms with van der Waals surface area (Å²) in [6.07, 6.45) is -1.70. The fourth-order valence-electron chi connectivity index (χ4n) is 5.93. The van der Waals surface area contributed by atoms with E-state index in [1.165, 1.54) is 29.2 Å². The van der Waals surface area contributed by atoms with Crippen LogP contribution >= 0.6 is 0 Å². The first-order valence-electron chi connectivity index (χ1n) is 15.9. The van der Waals surface area contributed by atoms with E-state index in [1.807, 2.05) is 25.1 Å². The number of likely N-dealkylation sites (N-methyl/N-ethyl adjacent to an activating group) is 2. The Morgan fingerprint density at radius 2 is 1.74 bits per heavy atom.